The molecule has 6 nitrogen and oxygen atoms in total. The molecule has 0 saturated heterocycles. The third-order valence-corrected chi connectivity index (χ3v) is 2.00. The monoisotopic (exact) mass is 223 g/mol. The summed E-state index contributed by atoms with van der Waals surface area (Å²) in [5, 5.41) is 11.1. The maximum Gasteiger partial charge on any atom is 0.308 e. The molecule has 1 heterocycles. The van der Waals surface area contributed by atoms with E-state index in [0.29, 0.717) is 5.82 Å². The molecule has 1 atom stereocenters. The second-order valence-corrected chi connectivity index (χ2v) is 3.44. The average molecular weight is 223 g/mol. The first kappa shape index (κ1) is 12.1. The van der Waals surface area contributed by atoms with Gasteiger partial charge in [-0.1, -0.05) is 6.92 Å². The highest BCUT2D eigenvalue weighted by atomic mass is 16.4. The van der Waals surface area contributed by atoms with Crippen LogP contribution in [0.2, 0.25) is 0 Å². The minimum atomic E-state index is -0.945. The van der Waals surface area contributed by atoms with Crippen LogP contribution in [0.5, 0.6) is 0 Å². The van der Waals surface area contributed by atoms with Crippen LogP contribution < -0.4 is 5.32 Å². The lowest BCUT2D eigenvalue weighted by atomic mass is 10.2. The summed E-state index contributed by atoms with van der Waals surface area (Å²) in [6, 6.07) is 1.48. The lowest BCUT2D eigenvalue weighted by Crippen LogP contribution is -2.32. The molecule has 0 radical (unpaired) electrons. The minimum Gasteiger partial charge on any atom is -0.481 e. The Morgan fingerprint density at radius 3 is 2.81 bits per heavy atom. The molecular weight excluding hydrogens is 210 g/mol. The highest BCUT2D eigenvalue weighted by Gasteiger charge is 2.13. The topological polar surface area (TPSA) is 92.2 Å². The lowest BCUT2D eigenvalue weighted by molar-refractivity contribution is -0.140. The van der Waals surface area contributed by atoms with Gasteiger partial charge in [-0.25, -0.2) is 9.97 Å². The Hall–Kier alpha value is -1.98. The first-order chi connectivity index (χ1) is 7.50. The number of rotatable bonds is 4. The molecule has 0 aromatic carbocycles. The molecule has 1 amide bonds. The van der Waals surface area contributed by atoms with E-state index in [0.717, 1.165) is 0 Å². The highest BCUT2D eigenvalue weighted by molar-refractivity contribution is 5.92. The van der Waals surface area contributed by atoms with Gasteiger partial charge in [0.05, 0.1) is 5.92 Å². The number of aryl methyl sites for hydroxylation is 1. The second kappa shape index (κ2) is 5.20. The van der Waals surface area contributed by atoms with Crippen LogP contribution >= 0.6 is 0 Å². The lowest BCUT2D eigenvalue weighted by Gasteiger charge is -2.07. The first-order valence-electron chi connectivity index (χ1n) is 4.81. The molecule has 1 rings (SSSR count). The molecule has 6 heteroatoms. The van der Waals surface area contributed by atoms with Crippen LogP contribution in [0.1, 0.15) is 23.2 Å². The van der Waals surface area contributed by atoms with Gasteiger partial charge in [-0.05, 0) is 13.0 Å². The maximum atomic E-state index is 11.5. The van der Waals surface area contributed by atoms with Crippen molar-refractivity contribution in [2.24, 2.45) is 5.92 Å². The third kappa shape index (κ3) is 3.30. The summed E-state index contributed by atoms with van der Waals surface area (Å²) in [5.41, 5.74) is 0.241. The van der Waals surface area contributed by atoms with E-state index in [4.69, 9.17) is 5.11 Å². The summed E-state index contributed by atoms with van der Waals surface area (Å²) < 4.78 is 0. The molecule has 16 heavy (non-hydrogen) atoms. The Balaban J connectivity index is 2.56. The fraction of sp³-hybridized carbons (Fsp3) is 0.400. The number of nitrogens with one attached hydrogen (secondary N) is 1. The Morgan fingerprint density at radius 2 is 2.25 bits per heavy atom. The second-order valence-electron chi connectivity index (χ2n) is 3.44. The molecule has 0 saturated carbocycles. The van der Waals surface area contributed by atoms with Crippen molar-refractivity contribution >= 4 is 11.9 Å². The van der Waals surface area contributed by atoms with E-state index in [1.165, 1.54) is 19.2 Å². The number of carbonyl (C=O) groups excluding carboxylic acids is 1. The van der Waals surface area contributed by atoms with Gasteiger partial charge in [0.1, 0.15) is 11.5 Å². The fourth-order valence-corrected chi connectivity index (χ4v) is 1.01. The smallest absolute Gasteiger partial charge is 0.308 e. The molecule has 0 aliphatic rings. The predicted octanol–water partition coefficient (Wildman–Crippen LogP) is 0.236. The number of hydrogen-bond donors (Lipinski definition) is 2. The number of aliphatic carboxylic acids is 1. The number of carboxylic acid groups (broad SMARTS) is 1. The number of aromatic nitrogens is 2. The molecule has 0 aliphatic heterocycles. The summed E-state index contributed by atoms with van der Waals surface area (Å²) in [5.74, 6) is -1.46. The SMILES string of the molecule is Cc1nccc(C(=O)NCC(C)C(=O)O)n1. The van der Waals surface area contributed by atoms with Crippen LogP contribution in [0.3, 0.4) is 0 Å². The van der Waals surface area contributed by atoms with Gasteiger partial charge in [0.25, 0.3) is 5.91 Å². The molecule has 0 spiro atoms. The van der Waals surface area contributed by atoms with Crippen molar-refractivity contribution in [3.63, 3.8) is 0 Å². The molecular formula is C10H13N3O3. The quantitative estimate of drug-likeness (QED) is 0.762. The average Bonchev–Trinajstić information content (AvgIpc) is 2.25. The van der Waals surface area contributed by atoms with Gasteiger partial charge in [0.15, 0.2) is 0 Å². The molecule has 0 aliphatic carbocycles. The van der Waals surface area contributed by atoms with Crippen molar-refractivity contribution < 1.29 is 14.7 Å². The van der Waals surface area contributed by atoms with Crippen molar-refractivity contribution in [1.82, 2.24) is 15.3 Å². The van der Waals surface area contributed by atoms with E-state index in [-0.39, 0.29) is 12.2 Å². The summed E-state index contributed by atoms with van der Waals surface area (Å²) in [4.78, 5) is 29.8. The van der Waals surface area contributed by atoms with Crippen LogP contribution in [0, 0.1) is 12.8 Å². The summed E-state index contributed by atoms with van der Waals surface area (Å²) in [7, 11) is 0. The predicted molar refractivity (Wildman–Crippen MR) is 55.9 cm³/mol. The number of amides is 1. The first-order valence-corrected chi connectivity index (χ1v) is 4.81. The van der Waals surface area contributed by atoms with Crippen LogP contribution in [0.15, 0.2) is 12.3 Å². The van der Waals surface area contributed by atoms with E-state index < -0.39 is 17.8 Å². The Kier molecular flexibility index (Phi) is 3.93. The standard InChI is InChI=1S/C10H13N3O3/c1-6(10(15)16)5-12-9(14)8-3-4-11-7(2)13-8/h3-4,6H,5H2,1-2H3,(H,12,14)(H,15,16). The van der Waals surface area contributed by atoms with E-state index in [1.807, 2.05) is 0 Å². The fourth-order valence-electron chi connectivity index (χ4n) is 1.01. The van der Waals surface area contributed by atoms with E-state index in [2.05, 4.69) is 15.3 Å². The van der Waals surface area contributed by atoms with Gasteiger partial charge in [-0.2, -0.15) is 0 Å². The van der Waals surface area contributed by atoms with Gasteiger partial charge in [0.2, 0.25) is 0 Å². The summed E-state index contributed by atoms with van der Waals surface area (Å²) >= 11 is 0. The Labute approximate surface area is 92.7 Å². The van der Waals surface area contributed by atoms with Gasteiger partial charge >= 0.3 is 5.97 Å². The summed E-state index contributed by atoms with van der Waals surface area (Å²) in [6.45, 7) is 3.28. The zero-order valence-electron chi connectivity index (χ0n) is 9.10. The highest BCUT2D eigenvalue weighted by Crippen LogP contribution is 1.96. The van der Waals surface area contributed by atoms with Gasteiger partial charge in [0, 0.05) is 12.7 Å². The third-order valence-electron chi connectivity index (χ3n) is 2.00. The van der Waals surface area contributed by atoms with Gasteiger partial charge < -0.3 is 10.4 Å². The summed E-state index contributed by atoms with van der Waals surface area (Å²) in [6.07, 6.45) is 1.48. The normalized spacial score (nSPS) is 11.9. The molecule has 2 N–H and O–H groups in total. The van der Waals surface area contributed by atoms with Crippen molar-refractivity contribution in [2.75, 3.05) is 6.54 Å². The number of nitrogens with zero attached hydrogens (tertiary/aromatic N) is 2. The van der Waals surface area contributed by atoms with Crippen molar-refractivity contribution in [3.05, 3.63) is 23.8 Å². The number of carboxylic acids is 1. The minimum absolute atomic E-state index is 0.0806. The largest absolute Gasteiger partial charge is 0.481 e. The van der Waals surface area contributed by atoms with Crippen molar-refractivity contribution in [1.29, 1.82) is 0 Å². The zero-order valence-corrected chi connectivity index (χ0v) is 9.10. The van der Waals surface area contributed by atoms with E-state index in [9.17, 15) is 9.59 Å². The van der Waals surface area contributed by atoms with Crippen molar-refractivity contribution in [2.45, 2.75) is 13.8 Å². The van der Waals surface area contributed by atoms with Crippen molar-refractivity contribution in [3.8, 4) is 0 Å². The molecule has 0 bridgehead atoms. The molecule has 1 aromatic heterocycles. The zero-order chi connectivity index (χ0) is 12.1. The van der Waals surface area contributed by atoms with E-state index in [1.54, 1.807) is 6.92 Å². The number of hydrogen-bond acceptors (Lipinski definition) is 4. The van der Waals surface area contributed by atoms with Gasteiger partial charge in [-0.15, -0.1) is 0 Å². The van der Waals surface area contributed by atoms with Crippen LogP contribution in [-0.2, 0) is 4.79 Å². The molecule has 0 fully saturated rings. The van der Waals surface area contributed by atoms with Crippen LogP contribution in [0.25, 0.3) is 0 Å². The molecule has 86 valence electrons. The van der Waals surface area contributed by atoms with Crippen LogP contribution in [-0.4, -0.2) is 33.5 Å². The van der Waals surface area contributed by atoms with E-state index >= 15 is 0 Å². The Bertz CT molecular complexity index is 406. The molecule has 1 unspecified atom stereocenters. The maximum absolute atomic E-state index is 11.5. The van der Waals surface area contributed by atoms with Gasteiger partial charge in [-0.3, -0.25) is 9.59 Å². The molecule has 1 aromatic rings. The number of carbonyl (C=O) groups is 2. The van der Waals surface area contributed by atoms with Crippen LogP contribution in [0.4, 0.5) is 0 Å². The Morgan fingerprint density at radius 1 is 1.56 bits per heavy atom.